The largest absolute Gasteiger partial charge is 0.495 e. The summed E-state index contributed by atoms with van der Waals surface area (Å²) in [6.07, 6.45) is 0. The molecule has 2 rings (SSSR count). The molecule has 0 saturated carbocycles. The highest BCUT2D eigenvalue weighted by Crippen LogP contribution is 2.37. The Morgan fingerprint density at radius 1 is 1.10 bits per heavy atom. The molecule has 0 unspecified atom stereocenters. The molecule has 3 nitrogen and oxygen atoms in total. The van der Waals surface area contributed by atoms with E-state index < -0.39 is 0 Å². The second-order valence-electron chi connectivity index (χ2n) is 6.97. The molecule has 21 heavy (non-hydrogen) atoms. The first-order chi connectivity index (χ1) is 9.68. The van der Waals surface area contributed by atoms with Gasteiger partial charge in [-0.1, -0.05) is 19.9 Å². The minimum absolute atomic E-state index is 0.315. The number of benzene rings is 1. The summed E-state index contributed by atoms with van der Waals surface area (Å²) in [6.45, 7) is 15.4. The van der Waals surface area contributed by atoms with E-state index in [0.717, 1.165) is 11.2 Å². The molecular formula is C17H27BO3. The van der Waals surface area contributed by atoms with E-state index in [-0.39, 0.29) is 18.3 Å². The molecule has 0 aromatic heterocycles. The van der Waals surface area contributed by atoms with Gasteiger partial charge in [0.1, 0.15) is 5.75 Å². The third-order valence-corrected chi connectivity index (χ3v) is 4.50. The molecule has 116 valence electrons. The molecule has 0 N–H and O–H groups in total. The van der Waals surface area contributed by atoms with Crippen LogP contribution in [0.3, 0.4) is 0 Å². The summed E-state index contributed by atoms with van der Waals surface area (Å²) >= 11 is 0. The molecule has 1 heterocycles. The van der Waals surface area contributed by atoms with Gasteiger partial charge in [-0.25, -0.2) is 0 Å². The van der Waals surface area contributed by atoms with Gasteiger partial charge >= 0.3 is 7.12 Å². The van der Waals surface area contributed by atoms with Crippen LogP contribution >= 0.6 is 0 Å². The van der Waals surface area contributed by atoms with Crippen molar-refractivity contribution < 1.29 is 14.0 Å². The summed E-state index contributed by atoms with van der Waals surface area (Å²) in [5.41, 5.74) is 1.70. The summed E-state index contributed by atoms with van der Waals surface area (Å²) in [5.74, 6) is 1.29. The normalized spacial score (nSPS) is 20.1. The van der Waals surface area contributed by atoms with E-state index >= 15 is 0 Å². The Balaban J connectivity index is 2.36. The third kappa shape index (κ3) is 3.11. The summed E-state index contributed by atoms with van der Waals surface area (Å²) in [5, 5.41) is 0. The van der Waals surface area contributed by atoms with Crippen LogP contribution in [0.25, 0.3) is 0 Å². The molecule has 1 fully saturated rings. The molecule has 1 aromatic carbocycles. The van der Waals surface area contributed by atoms with Crippen LogP contribution in [0.1, 0.15) is 59.9 Å². The molecule has 4 heteroatoms. The Hall–Kier alpha value is -0.995. The third-order valence-electron chi connectivity index (χ3n) is 4.50. The van der Waals surface area contributed by atoms with Crippen LogP contribution in [-0.2, 0) is 9.31 Å². The minimum Gasteiger partial charge on any atom is -0.494 e. The fourth-order valence-corrected chi connectivity index (χ4v) is 2.49. The average molecular weight is 290 g/mol. The fourth-order valence-electron chi connectivity index (χ4n) is 2.49. The fraction of sp³-hybridized carbons (Fsp3) is 0.647. The lowest BCUT2D eigenvalue weighted by molar-refractivity contribution is 0.00578. The molecule has 0 radical (unpaired) electrons. The molecule has 1 aliphatic rings. The standard InChI is InChI=1S/C17H27BO3/c1-8-19-13-9-10-15(14(11-13)12(2)3)18-20-16(4,5)17(6,7)21-18/h9-12H,8H2,1-7H3. The van der Waals surface area contributed by atoms with Crippen molar-refractivity contribution in [3.63, 3.8) is 0 Å². The zero-order valence-electron chi connectivity index (χ0n) is 14.3. The maximum atomic E-state index is 6.18. The van der Waals surface area contributed by atoms with Gasteiger partial charge in [0.05, 0.1) is 17.8 Å². The predicted octanol–water partition coefficient (Wildman–Crippen LogP) is 3.51. The van der Waals surface area contributed by atoms with Crippen LogP contribution in [0.5, 0.6) is 5.75 Å². The highest BCUT2D eigenvalue weighted by Gasteiger charge is 2.52. The van der Waals surface area contributed by atoms with Crippen molar-refractivity contribution in [3.05, 3.63) is 23.8 Å². The highest BCUT2D eigenvalue weighted by atomic mass is 16.7. The summed E-state index contributed by atoms with van der Waals surface area (Å²) in [4.78, 5) is 0. The van der Waals surface area contributed by atoms with E-state index in [4.69, 9.17) is 14.0 Å². The SMILES string of the molecule is CCOc1ccc(B2OC(C)(C)C(C)(C)O2)c(C(C)C)c1. The number of hydrogen-bond acceptors (Lipinski definition) is 3. The van der Waals surface area contributed by atoms with Gasteiger partial charge in [0.25, 0.3) is 0 Å². The molecule has 0 atom stereocenters. The van der Waals surface area contributed by atoms with Crippen LogP contribution in [-0.4, -0.2) is 24.9 Å². The zero-order chi connectivity index (χ0) is 15.8. The van der Waals surface area contributed by atoms with Gasteiger partial charge in [-0.05, 0) is 63.7 Å². The van der Waals surface area contributed by atoms with Crippen molar-refractivity contribution in [2.45, 2.75) is 65.6 Å². The van der Waals surface area contributed by atoms with Crippen molar-refractivity contribution in [3.8, 4) is 5.75 Å². The zero-order valence-corrected chi connectivity index (χ0v) is 14.3. The molecule has 1 aromatic rings. The van der Waals surface area contributed by atoms with Gasteiger partial charge in [0.2, 0.25) is 0 Å². The Labute approximate surface area is 129 Å². The van der Waals surface area contributed by atoms with Gasteiger partial charge in [0.15, 0.2) is 0 Å². The second kappa shape index (κ2) is 5.66. The van der Waals surface area contributed by atoms with Gasteiger partial charge in [-0.2, -0.15) is 0 Å². The Morgan fingerprint density at radius 2 is 1.67 bits per heavy atom. The van der Waals surface area contributed by atoms with Crippen molar-refractivity contribution in [1.82, 2.24) is 0 Å². The van der Waals surface area contributed by atoms with Crippen LogP contribution in [0.4, 0.5) is 0 Å². The molecule has 1 saturated heterocycles. The highest BCUT2D eigenvalue weighted by molar-refractivity contribution is 6.62. The van der Waals surface area contributed by atoms with Crippen LogP contribution in [0.15, 0.2) is 18.2 Å². The lowest BCUT2D eigenvalue weighted by atomic mass is 9.73. The second-order valence-corrected chi connectivity index (χ2v) is 6.97. The Kier molecular flexibility index (Phi) is 4.41. The van der Waals surface area contributed by atoms with Crippen molar-refractivity contribution in [2.24, 2.45) is 0 Å². The van der Waals surface area contributed by atoms with Crippen molar-refractivity contribution >= 4 is 12.6 Å². The number of hydrogen-bond donors (Lipinski definition) is 0. The lowest BCUT2D eigenvalue weighted by Crippen LogP contribution is -2.41. The molecule has 0 aliphatic carbocycles. The topological polar surface area (TPSA) is 27.7 Å². The number of rotatable bonds is 4. The van der Waals surface area contributed by atoms with E-state index in [1.165, 1.54) is 5.56 Å². The monoisotopic (exact) mass is 290 g/mol. The molecule has 0 bridgehead atoms. The summed E-state index contributed by atoms with van der Waals surface area (Å²) in [7, 11) is -0.317. The Bertz CT molecular complexity index is 493. The summed E-state index contributed by atoms with van der Waals surface area (Å²) < 4.78 is 18.0. The molecule has 1 aliphatic heterocycles. The van der Waals surface area contributed by atoms with Gasteiger partial charge in [-0.15, -0.1) is 0 Å². The van der Waals surface area contributed by atoms with E-state index in [1.807, 2.05) is 13.0 Å². The van der Waals surface area contributed by atoms with Crippen LogP contribution in [0.2, 0.25) is 0 Å². The van der Waals surface area contributed by atoms with Crippen LogP contribution in [0, 0.1) is 0 Å². The van der Waals surface area contributed by atoms with Gasteiger partial charge < -0.3 is 14.0 Å². The average Bonchev–Trinajstić information content (AvgIpc) is 2.58. The maximum absolute atomic E-state index is 6.18. The van der Waals surface area contributed by atoms with Gasteiger partial charge in [0, 0.05) is 0 Å². The Morgan fingerprint density at radius 3 is 2.14 bits per heavy atom. The quantitative estimate of drug-likeness (QED) is 0.794. The van der Waals surface area contributed by atoms with E-state index in [0.29, 0.717) is 12.5 Å². The summed E-state index contributed by atoms with van der Waals surface area (Å²) in [6, 6.07) is 6.17. The molecular weight excluding hydrogens is 263 g/mol. The predicted molar refractivity (Wildman–Crippen MR) is 87.4 cm³/mol. The number of ether oxygens (including phenoxy) is 1. The first-order valence-corrected chi connectivity index (χ1v) is 7.80. The van der Waals surface area contributed by atoms with Crippen LogP contribution < -0.4 is 10.2 Å². The van der Waals surface area contributed by atoms with E-state index in [9.17, 15) is 0 Å². The molecule has 0 spiro atoms. The first-order valence-electron chi connectivity index (χ1n) is 7.80. The molecule has 0 amide bonds. The smallest absolute Gasteiger partial charge is 0.494 e. The lowest BCUT2D eigenvalue weighted by Gasteiger charge is -2.32. The van der Waals surface area contributed by atoms with Crippen molar-refractivity contribution in [2.75, 3.05) is 6.61 Å². The van der Waals surface area contributed by atoms with E-state index in [2.05, 4.69) is 53.7 Å². The van der Waals surface area contributed by atoms with E-state index in [1.54, 1.807) is 0 Å². The first kappa shape index (κ1) is 16.4. The maximum Gasteiger partial charge on any atom is 0.495 e. The minimum atomic E-state index is -0.317. The van der Waals surface area contributed by atoms with Crippen molar-refractivity contribution in [1.29, 1.82) is 0 Å². The van der Waals surface area contributed by atoms with Gasteiger partial charge in [-0.3, -0.25) is 0 Å².